The molecule has 0 radical (unpaired) electrons. The first-order valence-corrected chi connectivity index (χ1v) is 38.9. The van der Waals surface area contributed by atoms with Gasteiger partial charge in [-0.3, -0.25) is 0 Å². The van der Waals surface area contributed by atoms with E-state index in [1.54, 1.807) is 0 Å². The van der Waals surface area contributed by atoms with E-state index in [4.69, 9.17) is 44.9 Å². The molecule has 0 fully saturated rings. The van der Waals surface area contributed by atoms with Crippen molar-refractivity contribution in [3.8, 4) is 158 Å². The molecule has 0 saturated carbocycles. The van der Waals surface area contributed by atoms with Crippen LogP contribution in [-0.4, -0.2) is 44.9 Å². The smallest absolute Gasteiger partial charge is 0.164 e. The molecule has 0 amide bonds. The van der Waals surface area contributed by atoms with E-state index in [1.807, 2.05) is 127 Å². The molecule has 21 rings (SSSR count). The maximum atomic E-state index is 5.37. The van der Waals surface area contributed by atoms with E-state index < -0.39 is 0 Å². The molecular formula is C107H69N9. The number of benzene rings is 15. The average Bonchev–Trinajstić information content (AvgIpc) is 0.755. The summed E-state index contributed by atoms with van der Waals surface area (Å²) in [6, 6.07) is 145. The number of rotatable bonds is 14. The number of fused-ring (bicyclic) bond motifs is 7. The van der Waals surface area contributed by atoms with Crippen molar-refractivity contribution in [1.82, 2.24) is 44.9 Å². The van der Waals surface area contributed by atoms with Crippen molar-refractivity contribution in [2.75, 3.05) is 0 Å². The van der Waals surface area contributed by atoms with E-state index in [1.165, 1.54) is 10.8 Å². The number of hydrogen-bond acceptors (Lipinski definition) is 9. The number of aromatic nitrogens is 9. The van der Waals surface area contributed by atoms with Crippen LogP contribution in [0.25, 0.3) is 212 Å². The van der Waals surface area contributed by atoms with Crippen molar-refractivity contribution in [2.24, 2.45) is 0 Å². The summed E-state index contributed by atoms with van der Waals surface area (Å²) < 4.78 is 0. The highest BCUT2D eigenvalue weighted by Crippen LogP contribution is 2.41. The van der Waals surface area contributed by atoms with E-state index in [0.29, 0.717) is 23.3 Å². The van der Waals surface area contributed by atoms with Crippen LogP contribution in [0.1, 0.15) is 0 Å². The van der Waals surface area contributed by atoms with Gasteiger partial charge in [0.15, 0.2) is 23.3 Å². The predicted octanol–water partition coefficient (Wildman–Crippen LogP) is 27.0. The second-order valence-electron chi connectivity index (χ2n) is 28.8. The maximum Gasteiger partial charge on any atom is 0.164 e. The zero-order valence-electron chi connectivity index (χ0n) is 62.9. The summed E-state index contributed by atoms with van der Waals surface area (Å²) in [5.41, 5.74) is 28.2. The fourth-order valence-electron chi connectivity index (χ4n) is 15.3. The van der Waals surface area contributed by atoms with Gasteiger partial charge in [-0.1, -0.05) is 382 Å². The molecule has 0 bridgehead atoms. The van der Waals surface area contributed by atoms with Crippen LogP contribution in [0, 0.1) is 0 Å². The molecule has 0 spiro atoms. The Morgan fingerprint density at radius 2 is 0.371 bits per heavy atom. The summed E-state index contributed by atoms with van der Waals surface area (Å²) in [4.78, 5) is 45.8. The molecule has 0 unspecified atom stereocenters. The van der Waals surface area contributed by atoms with Crippen LogP contribution in [0.15, 0.2) is 419 Å². The molecule has 0 aliphatic carbocycles. The molecule has 116 heavy (non-hydrogen) atoms. The van der Waals surface area contributed by atoms with Crippen LogP contribution in [0.2, 0.25) is 0 Å². The SMILES string of the molecule is c1ccc(-c2cc(-c3ccccc3)nc(-c3ccc(-c4ccc(-c5cc(-c6ccc7ccccc7c6)nc6c5ccc5ccc(-c7ccccc7)nc56)cc4)cc3)n2)cc1.c1ccc(-c2ccc3ccc4c(-c5ccc(-c6ccc(-c7nc(-c8ccccc8)nc(-c8ccccc8)n7)cc6)cc5)cc(-c5ccccc5)nc4c3n2)cc1. The monoisotopic (exact) mass is 1480 g/mol. The maximum absolute atomic E-state index is 5.37. The first-order chi connectivity index (χ1) is 57.4. The molecule has 6 aromatic heterocycles. The summed E-state index contributed by atoms with van der Waals surface area (Å²) in [6.07, 6.45) is 0. The summed E-state index contributed by atoms with van der Waals surface area (Å²) >= 11 is 0. The topological polar surface area (TPSA) is 116 Å². The lowest BCUT2D eigenvalue weighted by molar-refractivity contribution is 1.07. The van der Waals surface area contributed by atoms with E-state index in [0.717, 1.165) is 178 Å². The molecule has 0 aliphatic rings. The summed E-state index contributed by atoms with van der Waals surface area (Å²) in [7, 11) is 0. The highest BCUT2D eigenvalue weighted by Gasteiger charge is 2.20. The van der Waals surface area contributed by atoms with Gasteiger partial charge < -0.3 is 0 Å². The number of hydrogen-bond donors (Lipinski definition) is 0. The summed E-state index contributed by atoms with van der Waals surface area (Å²) in [6.45, 7) is 0. The average molecular weight is 1480 g/mol. The molecule has 6 heterocycles. The molecule has 9 nitrogen and oxygen atoms in total. The van der Waals surface area contributed by atoms with Crippen molar-refractivity contribution in [2.45, 2.75) is 0 Å². The fourth-order valence-corrected chi connectivity index (χ4v) is 15.3. The number of pyridine rings is 4. The Morgan fingerprint density at radius 1 is 0.121 bits per heavy atom. The van der Waals surface area contributed by atoms with E-state index in [-0.39, 0.29) is 0 Å². The van der Waals surface area contributed by atoms with Crippen molar-refractivity contribution in [1.29, 1.82) is 0 Å². The molecule has 542 valence electrons. The Labute approximate surface area is 671 Å². The standard InChI is InChI=1S/C56H36N4.C51H33N5/c1-4-13-41(14-5-1)50-33-31-44-30-32-48-49(35-51(58-55(48)54(44)57-50)47-29-24-37-12-10-11-19-46(37)34-47)40-25-20-38(21-26-40)39-22-27-45(28-23-39)56-59-52(42-15-6-2-7-16-42)36-53(60-56)43-17-8-3-9-18-43;1-5-13-37(14-6-1)45-32-30-39-29-31-43-44(33-46(38-15-7-2-8-16-38)53-48(43)47(39)52-45)36-25-21-34(22-26-36)35-23-27-42(28-24-35)51-55-49(40-17-9-3-10-18-40)54-50(56-51)41-19-11-4-12-20-41/h1-36H;1-33H. The van der Waals surface area contributed by atoms with Gasteiger partial charge in [-0.2, -0.15) is 0 Å². The molecule has 21 aromatic rings. The molecule has 0 atom stereocenters. The lowest BCUT2D eigenvalue weighted by atomic mass is 9.94. The highest BCUT2D eigenvalue weighted by atomic mass is 15.0. The lowest BCUT2D eigenvalue weighted by Crippen LogP contribution is -2.00. The molecule has 9 heteroatoms. The van der Waals surface area contributed by atoms with Crippen LogP contribution >= 0.6 is 0 Å². The quantitative estimate of drug-likeness (QED) is 0.0981. The van der Waals surface area contributed by atoms with Crippen LogP contribution in [-0.2, 0) is 0 Å². The second kappa shape index (κ2) is 30.9. The van der Waals surface area contributed by atoms with E-state index >= 15 is 0 Å². The summed E-state index contributed by atoms with van der Waals surface area (Å²) in [5.74, 6) is 2.63. The minimum absolute atomic E-state index is 0.635. The fraction of sp³-hybridized carbons (Fsp3) is 0. The third-order valence-electron chi connectivity index (χ3n) is 21.4. The summed E-state index contributed by atoms with van der Waals surface area (Å²) in [5, 5.41) is 6.63. The first-order valence-electron chi connectivity index (χ1n) is 38.9. The highest BCUT2D eigenvalue weighted by molar-refractivity contribution is 6.11. The van der Waals surface area contributed by atoms with Gasteiger partial charge >= 0.3 is 0 Å². The molecule has 0 N–H and O–H groups in total. The van der Waals surface area contributed by atoms with Crippen LogP contribution < -0.4 is 0 Å². The van der Waals surface area contributed by atoms with Gasteiger partial charge in [0.05, 0.1) is 56.2 Å². The molecule has 0 aliphatic heterocycles. The van der Waals surface area contributed by atoms with E-state index in [9.17, 15) is 0 Å². The first kappa shape index (κ1) is 69.5. The van der Waals surface area contributed by atoms with Gasteiger partial charge in [-0.15, -0.1) is 0 Å². The van der Waals surface area contributed by atoms with Crippen LogP contribution in [0.4, 0.5) is 0 Å². The third-order valence-corrected chi connectivity index (χ3v) is 21.4. The molecule has 15 aromatic carbocycles. The largest absolute Gasteiger partial charge is 0.245 e. The molecular weight excluding hydrogens is 1410 g/mol. The van der Waals surface area contributed by atoms with Crippen molar-refractivity contribution in [3.05, 3.63) is 419 Å². The zero-order chi connectivity index (χ0) is 77.1. The Balaban J connectivity index is 0.000000150. The zero-order valence-corrected chi connectivity index (χ0v) is 62.9. The van der Waals surface area contributed by atoms with Gasteiger partial charge in [0.25, 0.3) is 0 Å². The Hall–Kier alpha value is -15.7. The Bertz CT molecular complexity index is 7050. The van der Waals surface area contributed by atoms with Crippen LogP contribution in [0.5, 0.6) is 0 Å². The van der Waals surface area contributed by atoms with Crippen molar-refractivity contribution in [3.63, 3.8) is 0 Å². The third kappa shape index (κ3) is 14.2. The van der Waals surface area contributed by atoms with Gasteiger partial charge in [0, 0.05) is 77.2 Å². The molecule has 0 saturated heterocycles. The van der Waals surface area contributed by atoms with E-state index in [2.05, 4.69) is 291 Å². The van der Waals surface area contributed by atoms with Crippen LogP contribution in [0.3, 0.4) is 0 Å². The van der Waals surface area contributed by atoms with Gasteiger partial charge in [0.2, 0.25) is 0 Å². The normalized spacial score (nSPS) is 11.3. The lowest BCUT2D eigenvalue weighted by Gasteiger charge is -2.14. The van der Waals surface area contributed by atoms with Gasteiger partial charge in [0.1, 0.15) is 0 Å². The minimum Gasteiger partial charge on any atom is -0.245 e. The number of nitrogens with zero attached hydrogens (tertiary/aromatic N) is 9. The predicted molar refractivity (Wildman–Crippen MR) is 477 cm³/mol. The minimum atomic E-state index is 0.635. The Morgan fingerprint density at radius 3 is 0.741 bits per heavy atom. The van der Waals surface area contributed by atoms with Crippen molar-refractivity contribution >= 4 is 54.4 Å². The van der Waals surface area contributed by atoms with Gasteiger partial charge in [-0.05, 0) is 91.7 Å². The Kier molecular flexibility index (Phi) is 18.5. The van der Waals surface area contributed by atoms with Gasteiger partial charge in [-0.25, -0.2) is 44.9 Å². The van der Waals surface area contributed by atoms with Crippen molar-refractivity contribution < 1.29 is 0 Å². The second-order valence-corrected chi connectivity index (χ2v) is 28.8.